The van der Waals surface area contributed by atoms with Crippen molar-refractivity contribution in [2.45, 2.75) is 13.5 Å². The molecule has 1 aromatic rings. The number of nitrogens with one attached hydrogen (secondary N) is 1. The number of alkyl halides is 2. The minimum atomic E-state index is -3.62. The van der Waals surface area contributed by atoms with Crippen LogP contribution in [0.2, 0.25) is 5.02 Å². The van der Waals surface area contributed by atoms with Gasteiger partial charge >= 0.3 is 6.61 Å². The first kappa shape index (κ1) is 15.5. The highest BCUT2D eigenvalue weighted by molar-refractivity contribution is 9.10. The Bertz CT molecular complexity index is 539. The SMILES string of the molecule is CCS(=O)(=O)Nc1cc(Cl)cc(Br)c1OC(F)F. The first-order valence-electron chi connectivity index (χ1n) is 4.69. The van der Waals surface area contributed by atoms with Crippen LogP contribution < -0.4 is 9.46 Å². The average molecular weight is 365 g/mol. The van der Waals surface area contributed by atoms with Crippen LogP contribution in [0.3, 0.4) is 0 Å². The summed E-state index contributed by atoms with van der Waals surface area (Å²) in [4.78, 5) is 0. The van der Waals surface area contributed by atoms with Gasteiger partial charge in [-0.3, -0.25) is 4.72 Å². The summed E-state index contributed by atoms with van der Waals surface area (Å²) in [5, 5.41) is 0.178. The number of ether oxygens (including phenoxy) is 1. The van der Waals surface area contributed by atoms with Gasteiger partial charge in [0.15, 0.2) is 5.75 Å². The molecule has 0 unspecified atom stereocenters. The highest BCUT2D eigenvalue weighted by Crippen LogP contribution is 2.38. The van der Waals surface area contributed by atoms with Gasteiger partial charge in [-0.25, -0.2) is 8.42 Å². The van der Waals surface area contributed by atoms with E-state index in [2.05, 4.69) is 25.4 Å². The van der Waals surface area contributed by atoms with Crippen molar-refractivity contribution < 1.29 is 21.9 Å². The Morgan fingerprint density at radius 1 is 1.50 bits per heavy atom. The van der Waals surface area contributed by atoms with E-state index < -0.39 is 16.6 Å². The second kappa shape index (κ2) is 6.03. The number of halogens is 4. The number of sulfonamides is 1. The summed E-state index contributed by atoms with van der Waals surface area (Å²) in [7, 11) is -3.62. The third kappa shape index (κ3) is 4.25. The van der Waals surface area contributed by atoms with Crippen LogP contribution in [0.15, 0.2) is 16.6 Å². The number of anilines is 1. The predicted octanol–water partition coefficient (Wildman–Crippen LogP) is 3.47. The van der Waals surface area contributed by atoms with Gasteiger partial charge in [0.1, 0.15) is 0 Å². The Kier molecular flexibility index (Phi) is 5.18. The summed E-state index contributed by atoms with van der Waals surface area (Å²) in [5.74, 6) is -0.517. The molecule has 1 aromatic carbocycles. The maximum atomic E-state index is 12.2. The van der Waals surface area contributed by atoms with E-state index in [0.29, 0.717) is 0 Å². The first-order chi connectivity index (χ1) is 8.25. The van der Waals surface area contributed by atoms with Crippen LogP contribution in [0.4, 0.5) is 14.5 Å². The van der Waals surface area contributed by atoms with Crippen molar-refractivity contribution >= 4 is 43.2 Å². The monoisotopic (exact) mass is 363 g/mol. The normalized spacial score (nSPS) is 11.7. The highest BCUT2D eigenvalue weighted by Gasteiger charge is 2.18. The fourth-order valence-corrected chi connectivity index (χ4v) is 2.62. The van der Waals surface area contributed by atoms with E-state index >= 15 is 0 Å². The van der Waals surface area contributed by atoms with E-state index in [4.69, 9.17) is 11.6 Å². The molecule has 0 bridgehead atoms. The fourth-order valence-electron chi connectivity index (χ4n) is 1.08. The van der Waals surface area contributed by atoms with E-state index in [1.165, 1.54) is 19.1 Å². The number of hydrogen-bond donors (Lipinski definition) is 1. The molecule has 0 aliphatic carbocycles. The van der Waals surface area contributed by atoms with E-state index in [9.17, 15) is 17.2 Å². The largest absolute Gasteiger partial charge is 0.431 e. The molecule has 1 N–H and O–H groups in total. The van der Waals surface area contributed by atoms with Crippen molar-refractivity contribution in [3.63, 3.8) is 0 Å². The van der Waals surface area contributed by atoms with Crippen LogP contribution in [0, 0.1) is 0 Å². The molecule has 0 heterocycles. The fraction of sp³-hybridized carbons (Fsp3) is 0.333. The molecule has 4 nitrogen and oxygen atoms in total. The Hall–Kier alpha value is -0.600. The molecule has 0 radical (unpaired) electrons. The van der Waals surface area contributed by atoms with Gasteiger partial charge in [0, 0.05) is 5.02 Å². The molecule has 0 aliphatic heterocycles. The zero-order valence-electron chi connectivity index (χ0n) is 9.08. The molecule has 0 atom stereocenters. The van der Waals surface area contributed by atoms with Crippen molar-refractivity contribution in [1.29, 1.82) is 0 Å². The van der Waals surface area contributed by atoms with Gasteiger partial charge in [-0.15, -0.1) is 0 Å². The maximum absolute atomic E-state index is 12.2. The minimum absolute atomic E-state index is 0.129. The third-order valence-corrected chi connectivity index (χ3v) is 3.96. The molecule has 0 fully saturated rings. The van der Waals surface area contributed by atoms with Gasteiger partial charge in [-0.05, 0) is 35.0 Å². The molecule has 0 spiro atoms. The quantitative estimate of drug-likeness (QED) is 0.870. The molecule has 102 valence electrons. The molecule has 0 saturated heterocycles. The van der Waals surface area contributed by atoms with E-state index in [1.54, 1.807) is 0 Å². The Balaban J connectivity index is 3.23. The second-order valence-electron chi connectivity index (χ2n) is 3.15. The summed E-state index contributed by atoms with van der Waals surface area (Å²) in [6, 6.07) is 2.51. The molecule has 18 heavy (non-hydrogen) atoms. The Labute approximate surface area is 116 Å². The van der Waals surface area contributed by atoms with E-state index in [1.807, 2.05) is 0 Å². The van der Waals surface area contributed by atoms with Gasteiger partial charge in [-0.1, -0.05) is 11.6 Å². The smallest absolute Gasteiger partial charge is 0.387 e. The second-order valence-corrected chi connectivity index (χ2v) is 6.45. The van der Waals surface area contributed by atoms with E-state index in [-0.39, 0.29) is 26.7 Å². The van der Waals surface area contributed by atoms with Crippen LogP contribution in [0.25, 0.3) is 0 Å². The lowest BCUT2D eigenvalue weighted by molar-refractivity contribution is -0.0498. The summed E-state index contributed by atoms with van der Waals surface area (Å²) in [6.07, 6.45) is 0. The minimum Gasteiger partial charge on any atom is -0.431 e. The van der Waals surface area contributed by atoms with Crippen LogP contribution in [-0.4, -0.2) is 20.8 Å². The van der Waals surface area contributed by atoms with Crippen molar-refractivity contribution in [1.82, 2.24) is 0 Å². The van der Waals surface area contributed by atoms with Crippen molar-refractivity contribution in [2.24, 2.45) is 0 Å². The molecule has 0 amide bonds. The standard InChI is InChI=1S/C9H9BrClF2NO3S/c1-2-18(15,16)14-7-4-5(11)3-6(10)8(7)17-9(12)13/h3-4,9,14H,2H2,1H3. The molecule has 0 aromatic heterocycles. The van der Waals surface area contributed by atoms with Crippen LogP contribution >= 0.6 is 27.5 Å². The topological polar surface area (TPSA) is 55.4 Å². The molecular formula is C9H9BrClF2NO3S. The van der Waals surface area contributed by atoms with Gasteiger partial charge in [-0.2, -0.15) is 8.78 Å². The van der Waals surface area contributed by atoms with Crippen LogP contribution in [0.1, 0.15) is 6.92 Å². The van der Waals surface area contributed by atoms with Gasteiger partial charge in [0.25, 0.3) is 0 Å². The third-order valence-electron chi connectivity index (χ3n) is 1.86. The van der Waals surface area contributed by atoms with E-state index in [0.717, 1.165) is 0 Å². The van der Waals surface area contributed by atoms with Crippen LogP contribution in [-0.2, 0) is 10.0 Å². The van der Waals surface area contributed by atoms with Crippen molar-refractivity contribution in [3.05, 3.63) is 21.6 Å². The number of hydrogen-bond acceptors (Lipinski definition) is 3. The predicted molar refractivity (Wildman–Crippen MR) is 68.9 cm³/mol. The lowest BCUT2D eigenvalue weighted by Crippen LogP contribution is -2.16. The van der Waals surface area contributed by atoms with Crippen molar-refractivity contribution in [3.8, 4) is 5.75 Å². The van der Waals surface area contributed by atoms with Gasteiger partial charge < -0.3 is 4.74 Å². The summed E-state index contributed by atoms with van der Waals surface area (Å²) in [6.45, 7) is -1.66. The highest BCUT2D eigenvalue weighted by atomic mass is 79.9. The number of benzene rings is 1. The van der Waals surface area contributed by atoms with Gasteiger partial charge in [0.05, 0.1) is 15.9 Å². The summed E-state index contributed by atoms with van der Waals surface area (Å²) >= 11 is 8.70. The lowest BCUT2D eigenvalue weighted by Gasteiger charge is -2.14. The van der Waals surface area contributed by atoms with Crippen LogP contribution in [0.5, 0.6) is 5.75 Å². The van der Waals surface area contributed by atoms with Gasteiger partial charge in [0.2, 0.25) is 10.0 Å². The Morgan fingerprint density at radius 2 is 2.11 bits per heavy atom. The molecule has 0 saturated carbocycles. The molecule has 0 aliphatic rings. The number of rotatable bonds is 5. The Morgan fingerprint density at radius 3 is 2.61 bits per heavy atom. The molecule has 1 rings (SSSR count). The molecular weight excluding hydrogens is 356 g/mol. The zero-order chi connectivity index (χ0) is 13.9. The zero-order valence-corrected chi connectivity index (χ0v) is 12.2. The average Bonchev–Trinajstić information content (AvgIpc) is 2.22. The lowest BCUT2D eigenvalue weighted by atomic mass is 10.3. The first-order valence-corrected chi connectivity index (χ1v) is 7.52. The van der Waals surface area contributed by atoms with Crippen molar-refractivity contribution in [2.75, 3.05) is 10.5 Å². The maximum Gasteiger partial charge on any atom is 0.387 e. The summed E-state index contributed by atoms with van der Waals surface area (Å²) in [5.41, 5.74) is -0.142. The summed E-state index contributed by atoms with van der Waals surface area (Å²) < 4.78 is 53.8. The molecule has 9 heteroatoms.